The number of anilines is 1. The fourth-order valence-corrected chi connectivity index (χ4v) is 2.58. The second-order valence-electron chi connectivity index (χ2n) is 4.52. The Morgan fingerprint density at radius 3 is 2.88 bits per heavy atom. The van der Waals surface area contributed by atoms with Crippen molar-refractivity contribution < 1.29 is 0 Å². The molecular weight excluding hydrogens is 222 g/mol. The third kappa shape index (κ3) is 2.46. The van der Waals surface area contributed by atoms with Crippen LogP contribution in [0.4, 0.5) is 5.82 Å². The zero-order valence-electron chi connectivity index (χ0n) is 9.83. The molecule has 1 N–H and O–H groups in total. The average Bonchev–Trinajstić information content (AvgIpc) is 2.71. The molecule has 1 aliphatic rings. The predicted octanol–water partition coefficient (Wildman–Crippen LogP) is 2.91. The van der Waals surface area contributed by atoms with E-state index in [-0.39, 0.29) is 0 Å². The van der Waals surface area contributed by atoms with Crippen LogP contribution in [0.5, 0.6) is 0 Å². The molecule has 0 amide bonds. The van der Waals surface area contributed by atoms with E-state index in [2.05, 4.69) is 15.3 Å². The van der Waals surface area contributed by atoms with Gasteiger partial charge in [0.15, 0.2) is 0 Å². The van der Waals surface area contributed by atoms with Crippen LogP contribution >= 0.6 is 11.6 Å². The van der Waals surface area contributed by atoms with Crippen LogP contribution in [0.3, 0.4) is 0 Å². The largest absolute Gasteiger partial charge is 0.366 e. The summed E-state index contributed by atoms with van der Waals surface area (Å²) < 4.78 is 0. The van der Waals surface area contributed by atoms with Crippen molar-refractivity contribution in [2.75, 3.05) is 11.2 Å². The van der Waals surface area contributed by atoms with Crippen LogP contribution in [0.15, 0.2) is 6.20 Å². The number of hydrogen-bond acceptors (Lipinski definition) is 3. The first kappa shape index (κ1) is 11.6. The monoisotopic (exact) mass is 239 g/mol. The second-order valence-corrected chi connectivity index (χ2v) is 4.83. The summed E-state index contributed by atoms with van der Waals surface area (Å²) in [4.78, 5) is 8.80. The van der Waals surface area contributed by atoms with Gasteiger partial charge in [0.1, 0.15) is 5.82 Å². The molecule has 16 heavy (non-hydrogen) atoms. The number of nitrogens with zero attached hydrogens (tertiary/aromatic N) is 2. The molecule has 2 unspecified atom stereocenters. The van der Waals surface area contributed by atoms with Crippen LogP contribution in [0.25, 0.3) is 0 Å². The molecule has 0 spiro atoms. The third-order valence-corrected chi connectivity index (χ3v) is 3.78. The van der Waals surface area contributed by atoms with Gasteiger partial charge in [0.2, 0.25) is 0 Å². The van der Waals surface area contributed by atoms with Crippen LogP contribution in [0, 0.1) is 19.8 Å². The minimum Gasteiger partial charge on any atom is -0.366 e. The lowest BCUT2D eigenvalue weighted by atomic mass is 10.1. The number of nitrogens with one attached hydrogen (secondary N) is 1. The van der Waals surface area contributed by atoms with E-state index in [1.165, 1.54) is 19.3 Å². The van der Waals surface area contributed by atoms with Crippen LogP contribution < -0.4 is 5.32 Å². The van der Waals surface area contributed by atoms with Gasteiger partial charge in [0.25, 0.3) is 0 Å². The van der Waals surface area contributed by atoms with E-state index in [1.807, 2.05) is 20.0 Å². The maximum Gasteiger partial charge on any atom is 0.145 e. The van der Waals surface area contributed by atoms with E-state index < -0.39 is 0 Å². The molecule has 4 heteroatoms. The molecule has 2 atom stereocenters. The summed E-state index contributed by atoms with van der Waals surface area (Å²) in [6, 6.07) is 0.467. The van der Waals surface area contributed by atoms with Gasteiger partial charge in [-0.3, -0.25) is 4.98 Å². The summed E-state index contributed by atoms with van der Waals surface area (Å²) in [7, 11) is 0. The summed E-state index contributed by atoms with van der Waals surface area (Å²) in [5.41, 5.74) is 1.98. The summed E-state index contributed by atoms with van der Waals surface area (Å²) >= 11 is 5.95. The molecule has 0 radical (unpaired) electrons. The number of rotatable bonds is 3. The van der Waals surface area contributed by atoms with Gasteiger partial charge in [-0.2, -0.15) is 0 Å². The van der Waals surface area contributed by atoms with Gasteiger partial charge in [-0.25, -0.2) is 4.98 Å². The minimum atomic E-state index is 0.467. The number of alkyl halides is 1. The van der Waals surface area contributed by atoms with Crippen molar-refractivity contribution >= 4 is 17.4 Å². The van der Waals surface area contributed by atoms with Gasteiger partial charge in [0, 0.05) is 11.9 Å². The van der Waals surface area contributed by atoms with Crippen LogP contribution in [-0.4, -0.2) is 21.9 Å². The van der Waals surface area contributed by atoms with Gasteiger partial charge in [-0.1, -0.05) is 6.42 Å². The maximum absolute atomic E-state index is 5.95. The molecule has 0 saturated heterocycles. The Bertz CT molecular complexity index is 367. The first-order valence-electron chi connectivity index (χ1n) is 5.83. The van der Waals surface area contributed by atoms with E-state index in [0.717, 1.165) is 23.1 Å². The summed E-state index contributed by atoms with van der Waals surface area (Å²) in [5.74, 6) is 2.19. The van der Waals surface area contributed by atoms with Crippen molar-refractivity contribution in [1.29, 1.82) is 0 Å². The highest BCUT2D eigenvalue weighted by molar-refractivity contribution is 6.18. The number of aromatic nitrogens is 2. The molecular formula is C12H18ClN3. The second kappa shape index (κ2) is 5.00. The zero-order chi connectivity index (χ0) is 11.5. The van der Waals surface area contributed by atoms with Gasteiger partial charge in [-0.05, 0) is 32.6 Å². The Morgan fingerprint density at radius 1 is 1.38 bits per heavy atom. The van der Waals surface area contributed by atoms with Crippen LogP contribution in [0.1, 0.15) is 30.7 Å². The molecule has 2 rings (SSSR count). The van der Waals surface area contributed by atoms with Gasteiger partial charge < -0.3 is 5.32 Å². The minimum absolute atomic E-state index is 0.467. The Balaban J connectivity index is 2.05. The predicted molar refractivity (Wildman–Crippen MR) is 67.0 cm³/mol. The first-order valence-corrected chi connectivity index (χ1v) is 6.37. The average molecular weight is 240 g/mol. The Labute approximate surface area is 102 Å². The number of hydrogen-bond donors (Lipinski definition) is 1. The molecule has 0 aromatic carbocycles. The lowest BCUT2D eigenvalue weighted by Gasteiger charge is -2.19. The van der Waals surface area contributed by atoms with Crippen molar-refractivity contribution in [2.45, 2.75) is 39.2 Å². The van der Waals surface area contributed by atoms with E-state index in [4.69, 9.17) is 11.6 Å². The van der Waals surface area contributed by atoms with E-state index in [0.29, 0.717) is 12.0 Å². The maximum atomic E-state index is 5.95. The Morgan fingerprint density at radius 2 is 2.19 bits per heavy atom. The fourth-order valence-electron chi connectivity index (χ4n) is 2.21. The highest BCUT2D eigenvalue weighted by atomic mass is 35.5. The van der Waals surface area contributed by atoms with E-state index >= 15 is 0 Å². The molecule has 0 bridgehead atoms. The lowest BCUT2D eigenvalue weighted by Crippen LogP contribution is -2.25. The van der Waals surface area contributed by atoms with Crippen LogP contribution in [0.2, 0.25) is 0 Å². The van der Waals surface area contributed by atoms with Crippen molar-refractivity contribution in [1.82, 2.24) is 9.97 Å². The quantitative estimate of drug-likeness (QED) is 0.825. The topological polar surface area (TPSA) is 37.8 Å². The van der Waals surface area contributed by atoms with Crippen molar-refractivity contribution in [3.63, 3.8) is 0 Å². The molecule has 1 heterocycles. The molecule has 1 aromatic rings. The summed E-state index contributed by atoms with van der Waals surface area (Å²) in [6.07, 6.45) is 5.48. The standard InChI is InChI=1S/C12H18ClN3/c1-8-9(2)15-12(7-14-8)16-11-5-3-4-10(11)6-13/h7,10-11H,3-6H2,1-2H3,(H,15,16). The summed E-state index contributed by atoms with van der Waals surface area (Å²) in [5, 5.41) is 3.45. The Hall–Kier alpha value is -0.830. The van der Waals surface area contributed by atoms with Crippen molar-refractivity contribution in [2.24, 2.45) is 5.92 Å². The molecule has 3 nitrogen and oxygen atoms in total. The third-order valence-electron chi connectivity index (χ3n) is 3.38. The summed E-state index contributed by atoms with van der Waals surface area (Å²) in [6.45, 7) is 3.96. The molecule has 1 saturated carbocycles. The van der Waals surface area contributed by atoms with Crippen LogP contribution in [-0.2, 0) is 0 Å². The molecule has 1 aliphatic carbocycles. The number of halogens is 1. The zero-order valence-corrected chi connectivity index (χ0v) is 10.6. The lowest BCUT2D eigenvalue weighted by molar-refractivity contribution is 0.560. The van der Waals surface area contributed by atoms with Crippen molar-refractivity contribution in [3.8, 4) is 0 Å². The highest BCUT2D eigenvalue weighted by Crippen LogP contribution is 2.28. The normalized spacial score (nSPS) is 24.7. The SMILES string of the molecule is Cc1ncc(NC2CCCC2CCl)nc1C. The Kier molecular flexibility index (Phi) is 3.64. The number of aryl methyl sites for hydroxylation is 2. The van der Waals surface area contributed by atoms with Crippen molar-refractivity contribution in [3.05, 3.63) is 17.6 Å². The van der Waals surface area contributed by atoms with E-state index in [1.54, 1.807) is 0 Å². The fraction of sp³-hybridized carbons (Fsp3) is 0.667. The van der Waals surface area contributed by atoms with Gasteiger partial charge >= 0.3 is 0 Å². The van der Waals surface area contributed by atoms with Gasteiger partial charge in [-0.15, -0.1) is 11.6 Å². The molecule has 1 aromatic heterocycles. The molecule has 88 valence electrons. The molecule has 1 fully saturated rings. The van der Waals surface area contributed by atoms with E-state index in [9.17, 15) is 0 Å². The van der Waals surface area contributed by atoms with Gasteiger partial charge in [0.05, 0.1) is 17.6 Å². The first-order chi connectivity index (χ1) is 7.70. The molecule has 0 aliphatic heterocycles. The smallest absolute Gasteiger partial charge is 0.145 e. The highest BCUT2D eigenvalue weighted by Gasteiger charge is 2.26.